The van der Waals surface area contributed by atoms with Crippen LogP contribution in [-0.2, 0) is 16.0 Å². The summed E-state index contributed by atoms with van der Waals surface area (Å²) in [6.45, 7) is 10.5. The standard InChI is InChI=1S/C26H37FN2O4S/c1-18(2)15-32-16-21(30)13-28(19(3)4)14-26(31)29-11-9-25-23(10-12-34-25)24(29)17-33-22-7-5-20(27)6-8-22/h5-8,10,12,18-19,21,24,30H,9,11,13-17H2,1-4H3. The lowest BCUT2D eigenvalue weighted by atomic mass is 10.00. The molecule has 0 aliphatic carbocycles. The van der Waals surface area contributed by atoms with Crippen LogP contribution < -0.4 is 4.74 Å². The zero-order chi connectivity index (χ0) is 24.7. The van der Waals surface area contributed by atoms with E-state index in [1.165, 1.54) is 17.0 Å². The molecule has 0 fully saturated rings. The fraction of sp³-hybridized carbons (Fsp3) is 0.577. The summed E-state index contributed by atoms with van der Waals surface area (Å²) in [5, 5.41) is 12.5. The van der Waals surface area contributed by atoms with Gasteiger partial charge >= 0.3 is 0 Å². The zero-order valence-corrected chi connectivity index (χ0v) is 21.4. The van der Waals surface area contributed by atoms with E-state index in [0.717, 1.165) is 12.0 Å². The summed E-state index contributed by atoms with van der Waals surface area (Å²) in [4.78, 5) is 18.6. The quantitative estimate of drug-likeness (QED) is 0.483. The van der Waals surface area contributed by atoms with Crippen molar-refractivity contribution >= 4 is 17.2 Å². The molecule has 2 atom stereocenters. The third kappa shape index (κ3) is 7.50. The normalized spacial score (nSPS) is 16.9. The number of halogens is 1. The second kappa shape index (κ2) is 12.6. The number of hydrogen-bond acceptors (Lipinski definition) is 6. The van der Waals surface area contributed by atoms with Gasteiger partial charge in [0.25, 0.3) is 0 Å². The molecule has 0 bridgehead atoms. The van der Waals surface area contributed by atoms with Gasteiger partial charge in [-0.1, -0.05) is 13.8 Å². The fourth-order valence-electron chi connectivity index (χ4n) is 4.07. The number of aliphatic hydroxyl groups excluding tert-OH is 1. The molecule has 0 radical (unpaired) electrons. The number of carbonyl (C=O) groups is 1. The molecule has 8 heteroatoms. The number of amides is 1. The largest absolute Gasteiger partial charge is 0.491 e. The molecule has 1 aliphatic rings. The van der Waals surface area contributed by atoms with Crippen LogP contribution in [0.25, 0.3) is 0 Å². The van der Waals surface area contributed by atoms with Crippen molar-refractivity contribution in [1.82, 2.24) is 9.80 Å². The van der Waals surface area contributed by atoms with Crippen LogP contribution in [0.2, 0.25) is 0 Å². The summed E-state index contributed by atoms with van der Waals surface area (Å²) in [5.74, 6) is 0.677. The van der Waals surface area contributed by atoms with Gasteiger partial charge in [-0.2, -0.15) is 0 Å². The van der Waals surface area contributed by atoms with Crippen LogP contribution in [-0.4, -0.2) is 72.4 Å². The highest BCUT2D eigenvalue weighted by Crippen LogP contribution is 2.34. The number of carbonyl (C=O) groups excluding carboxylic acids is 1. The first kappa shape index (κ1) is 26.6. The number of hydrogen-bond donors (Lipinski definition) is 1. The SMILES string of the molecule is CC(C)COCC(O)CN(CC(=O)N1CCc2sccc2C1COc1ccc(F)cc1)C(C)C. The van der Waals surface area contributed by atoms with Crippen molar-refractivity contribution in [1.29, 1.82) is 0 Å². The number of rotatable bonds is 12. The van der Waals surface area contributed by atoms with Gasteiger partial charge in [-0.3, -0.25) is 9.69 Å². The average molecular weight is 493 g/mol. The van der Waals surface area contributed by atoms with E-state index in [-0.39, 0.29) is 37.0 Å². The molecule has 34 heavy (non-hydrogen) atoms. The van der Waals surface area contributed by atoms with Crippen LogP contribution in [0.5, 0.6) is 5.75 Å². The van der Waals surface area contributed by atoms with Crippen molar-refractivity contribution in [3.63, 3.8) is 0 Å². The molecule has 2 unspecified atom stereocenters. The maximum Gasteiger partial charge on any atom is 0.237 e. The Labute approximate surface area is 206 Å². The van der Waals surface area contributed by atoms with Crippen LogP contribution >= 0.6 is 11.3 Å². The Morgan fingerprint density at radius 2 is 1.94 bits per heavy atom. The van der Waals surface area contributed by atoms with E-state index in [4.69, 9.17) is 9.47 Å². The minimum Gasteiger partial charge on any atom is -0.491 e. The highest BCUT2D eigenvalue weighted by molar-refractivity contribution is 7.10. The molecular formula is C26H37FN2O4S. The zero-order valence-electron chi connectivity index (χ0n) is 20.6. The maximum absolute atomic E-state index is 13.5. The first-order valence-corrected chi connectivity index (χ1v) is 12.9. The Morgan fingerprint density at radius 1 is 1.21 bits per heavy atom. The monoisotopic (exact) mass is 492 g/mol. The topological polar surface area (TPSA) is 62.2 Å². The Balaban J connectivity index is 1.65. The molecule has 2 aromatic rings. The summed E-state index contributed by atoms with van der Waals surface area (Å²) in [7, 11) is 0. The number of fused-ring (bicyclic) bond motifs is 1. The minimum atomic E-state index is -0.656. The van der Waals surface area contributed by atoms with Crippen molar-refractivity contribution < 1.29 is 23.8 Å². The second-order valence-electron chi connectivity index (χ2n) is 9.53. The van der Waals surface area contributed by atoms with Gasteiger partial charge in [-0.05, 0) is 67.5 Å². The van der Waals surface area contributed by atoms with E-state index in [2.05, 4.69) is 25.3 Å². The van der Waals surface area contributed by atoms with Crippen molar-refractivity contribution in [2.24, 2.45) is 5.92 Å². The molecule has 1 aromatic carbocycles. The molecule has 0 saturated carbocycles. The predicted molar refractivity (Wildman–Crippen MR) is 133 cm³/mol. The molecule has 0 saturated heterocycles. The highest BCUT2D eigenvalue weighted by Gasteiger charge is 2.33. The van der Waals surface area contributed by atoms with E-state index in [1.807, 2.05) is 23.6 Å². The van der Waals surface area contributed by atoms with Gasteiger partial charge in [0.05, 0.1) is 25.3 Å². The van der Waals surface area contributed by atoms with Crippen LogP contribution in [0, 0.1) is 11.7 Å². The van der Waals surface area contributed by atoms with Gasteiger partial charge < -0.3 is 19.5 Å². The molecule has 188 valence electrons. The average Bonchev–Trinajstić information content (AvgIpc) is 3.26. The maximum atomic E-state index is 13.5. The number of ether oxygens (including phenoxy) is 2. The van der Waals surface area contributed by atoms with Crippen molar-refractivity contribution in [2.45, 2.75) is 52.3 Å². The molecular weight excluding hydrogens is 455 g/mol. The molecule has 1 N–H and O–H groups in total. The summed E-state index contributed by atoms with van der Waals surface area (Å²) in [6, 6.07) is 7.88. The van der Waals surface area contributed by atoms with Gasteiger partial charge in [0.15, 0.2) is 0 Å². The van der Waals surface area contributed by atoms with Crippen LogP contribution in [0.1, 0.15) is 44.2 Å². The third-order valence-corrected chi connectivity index (χ3v) is 6.91. The Hall–Kier alpha value is -2.00. The van der Waals surface area contributed by atoms with Crippen molar-refractivity contribution in [3.8, 4) is 5.75 Å². The lowest BCUT2D eigenvalue weighted by Crippen LogP contribution is -2.49. The van der Waals surface area contributed by atoms with E-state index in [9.17, 15) is 14.3 Å². The first-order valence-electron chi connectivity index (χ1n) is 12.0. The summed E-state index contributed by atoms with van der Waals surface area (Å²) >= 11 is 1.70. The lowest BCUT2D eigenvalue weighted by molar-refractivity contribution is -0.137. The highest BCUT2D eigenvalue weighted by atomic mass is 32.1. The molecule has 1 amide bonds. The molecule has 1 aromatic heterocycles. The Bertz CT molecular complexity index is 902. The third-order valence-electron chi connectivity index (χ3n) is 5.91. The van der Waals surface area contributed by atoms with Gasteiger partial charge in [0, 0.05) is 30.6 Å². The van der Waals surface area contributed by atoms with Crippen molar-refractivity contribution in [2.75, 3.05) is 39.5 Å². The molecule has 1 aliphatic heterocycles. The van der Waals surface area contributed by atoms with Crippen molar-refractivity contribution in [3.05, 3.63) is 52.0 Å². The fourth-order valence-corrected chi connectivity index (χ4v) is 4.99. The summed E-state index contributed by atoms with van der Waals surface area (Å²) < 4.78 is 24.8. The lowest BCUT2D eigenvalue weighted by Gasteiger charge is -2.38. The molecule has 0 spiro atoms. The molecule has 6 nitrogen and oxygen atoms in total. The first-order chi connectivity index (χ1) is 16.2. The van der Waals surface area contributed by atoms with E-state index in [1.54, 1.807) is 23.5 Å². The number of benzene rings is 1. The number of thiophene rings is 1. The predicted octanol–water partition coefficient (Wildman–Crippen LogP) is 4.14. The minimum absolute atomic E-state index is 0.00792. The summed E-state index contributed by atoms with van der Waals surface area (Å²) in [6.07, 6.45) is 0.162. The van der Waals surface area contributed by atoms with Crippen LogP contribution in [0.15, 0.2) is 35.7 Å². The molecule has 2 heterocycles. The second-order valence-corrected chi connectivity index (χ2v) is 10.5. The summed E-state index contributed by atoms with van der Waals surface area (Å²) in [5.41, 5.74) is 1.12. The Morgan fingerprint density at radius 3 is 2.62 bits per heavy atom. The smallest absolute Gasteiger partial charge is 0.237 e. The van der Waals surface area contributed by atoms with Crippen LogP contribution in [0.3, 0.4) is 0 Å². The van der Waals surface area contributed by atoms with E-state index < -0.39 is 6.10 Å². The van der Waals surface area contributed by atoms with E-state index >= 15 is 0 Å². The number of nitrogens with zero attached hydrogens (tertiary/aromatic N) is 2. The van der Waals surface area contributed by atoms with Gasteiger partial charge in [-0.25, -0.2) is 4.39 Å². The van der Waals surface area contributed by atoms with E-state index in [0.29, 0.717) is 38.0 Å². The van der Waals surface area contributed by atoms with Gasteiger partial charge in [0.2, 0.25) is 5.91 Å². The van der Waals surface area contributed by atoms with Gasteiger partial charge in [-0.15, -0.1) is 11.3 Å². The number of aliphatic hydroxyl groups is 1. The molecule has 3 rings (SSSR count). The van der Waals surface area contributed by atoms with Crippen LogP contribution in [0.4, 0.5) is 4.39 Å². The Kier molecular flexibility index (Phi) is 9.88. The van der Waals surface area contributed by atoms with Gasteiger partial charge in [0.1, 0.15) is 18.2 Å².